The third kappa shape index (κ3) is 1.37. The SMILES string of the molecule is CC(N)C1(c2ccc3c(c2)OCS3)CC1. The molecule has 1 aromatic rings. The van der Waals surface area contributed by atoms with Crippen molar-refractivity contribution >= 4 is 11.8 Å². The number of fused-ring (bicyclic) bond motifs is 1. The number of benzene rings is 1. The Morgan fingerprint density at radius 2 is 2.27 bits per heavy atom. The molecule has 1 unspecified atom stereocenters. The first-order chi connectivity index (χ1) is 7.22. The molecular formula is C12H15NOS. The highest BCUT2D eigenvalue weighted by Gasteiger charge is 2.47. The summed E-state index contributed by atoms with van der Waals surface area (Å²) in [6.45, 7) is 2.11. The molecule has 80 valence electrons. The Hall–Kier alpha value is -0.670. The van der Waals surface area contributed by atoms with Crippen LogP contribution in [0.15, 0.2) is 23.1 Å². The molecule has 0 bridgehead atoms. The van der Waals surface area contributed by atoms with Crippen molar-refractivity contribution in [3.63, 3.8) is 0 Å². The number of hydrogen-bond donors (Lipinski definition) is 1. The van der Waals surface area contributed by atoms with Crippen LogP contribution in [0.2, 0.25) is 0 Å². The van der Waals surface area contributed by atoms with E-state index in [4.69, 9.17) is 10.5 Å². The minimum atomic E-state index is 0.240. The molecule has 1 aliphatic carbocycles. The van der Waals surface area contributed by atoms with E-state index in [2.05, 4.69) is 25.1 Å². The quantitative estimate of drug-likeness (QED) is 0.833. The Morgan fingerprint density at radius 1 is 1.47 bits per heavy atom. The van der Waals surface area contributed by atoms with Crippen LogP contribution >= 0.6 is 11.8 Å². The Kier molecular flexibility index (Phi) is 2.01. The summed E-state index contributed by atoms with van der Waals surface area (Å²) in [6.07, 6.45) is 2.44. The average Bonchev–Trinajstić information content (AvgIpc) is 2.91. The fourth-order valence-corrected chi connectivity index (χ4v) is 3.09. The van der Waals surface area contributed by atoms with E-state index in [1.165, 1.54) is 23.3 Å². The number of nitrogens with two attached hydrogens (primary N) is 1. The minimum absolute atomic E-state index is 0.240. The van der Waals surface area contributed by atoms with Gasteiger partial charge in [0.1, 0.15) is 11.7 Å². The van der Waals surface area contributed by atoms with E-state index in [0.29, 0.717) is 0 Å². The summed E-state index contributed by atoms with van der Waals surface area (Å²) in [6, 6.07) is 6.82. The van der Waals surface area contributed by atoms with E-state index in [9.17, 15) is 0 Å². The van der Waals surface area contributed by atoms with Crippen LogP contribution in [0.1, 0.15) is 25.3 Å². The Bertz CT molecular complexity index is 399. The van der Waals surface area contributed by atoms with E-state index >= 15 is 0 Å². The van der Waals surface area contributed by atoms with Gasteiger partial charge in [-0.05, 0) is 37.5 Å². The summed E-state index contributed by atoms with van der Waals surface area (Å²) in [5.41, 5.74) is 7.67. The molecule has 0 radical (unpaired) electrons. The molecule has 3 rings (SSSR count). The van der Waals surface area contributed by atoms with Gasteiger partial charge in [0, 0.05) is 11.5 Å². The standard InChI is InChI=1S/C12H15NOS/c1-8(13)12(4-5-12)9-2-3-11-10(6-9)14-7-15-11/h2-3,6,8H,4-5,7,13H2,1H3. The van der Waals surface area contributed by atoms with Gasteiger partial charge in [0.25, 0.3) is 0 Å². The second-order valence-corrected chi connectivity index (χ2v) is 5.48. The Morgan fingerprint density at radius 3 is 2.93 bits per heavy atom. The summed E-state index contributed by atoms with van der Waals surface area (Å²) in [7, 11) is 0. The molecule has 1 atom stereocenters. The predicted octanol–water partition coefficient (Wildman–Crippen LogP) is 2.51. The fourth-order valence-electron chi connectivity index (χ4n) is 2.35. The summed E-state index contributed by atoms with van der Waals surface area (Å²) < 4.78 is 5.56. The second kappa shape index (κ2) is 3.16. The van der Waals surface area contributed by atoms with Crippen molar-refractivity contribution in [2.75, 3.05) is 5.94 Å². The average molecular weight is 221 g/mol. The summed E-state index contributed by atoms with van der Waals surface area (Å²) in [5, 5.41) is 0. The van der Waals surface area contributed by atoms with Crippen molar-refractivity contribution in [3.05, 3.63) is 23.8 Å². The highest BCUT2D eigenvalue weighted by Crippen LogP contribution is 2.52. The molecule has 0 spiro atoms. The van der Waals surface area contributed by atoms with Crippen LogP contribution < -0.4 is 10.5 Å². The lowest BCUT2D eigenvalue weighted by Crippen LogP contribution is -2.31. The van der Waals surface area contributed by atoms with Gasteiger partial charge in [-0.2, -0.15) is 0 Å². The molecule has 3 heteroatoms. The van der Waals surface area contributed by atoms with Crippen LogP contribution in [-0.2, 0) is 5.41 Å². The van der Waals surface area contributed by atoms with E-state index in [0.717, 1.165) is 11.7 Å². The van der Waals surface area contributed by atoms with Gasteiger partial charge in [-0.25, -0.2) is 0 Å². The molecule has 0 saturated heterocycles. The lowest BCUT2D eigenvalue weighted by atomic mass is 9.89. The zero-order valence-electron chi connectivity index (χ0n) is 8.82. The van der Waals surface area contributed by atoms with E-state index in [1.807, 2.05) is 0 Å². The maximum absolute atomic E-state index is 6.06. The zero-order chi connectivity index (χ0) is 10.5. The van der Waals surface area contributed by atoms with Crippen molar-refractivity contribution < 1.29 is 4.74 Å². The summed E-state index contributed by atoms with van der Waals surface area (Å²) >= 11 is 1.76. The maximum atomic E-state index is 6.06. The van der Waals surface area contributed by atoms with E-state index < -0.39 is 0 Å². The van der Waals surface area contributed by atoms with Crippen molar-refractivity contribution in [1.29, 1.82) is 0 Å². The van der Waals surface area contributed by atoms with Crippen molar-refractivity contribution in [3.8, 4) is 5.75 Å². The lowest BCUT2D eigenvalue weighted by Gasteiger charge is -2.20. The predicted molar refractivity (Wildman–Crippen MR) is 62.4 cm³/mol. The smallest absolute Gasteiger partial charge is 0.138 e. The Labute approximate surface area is 94.2 Å². The first-order valence-corrected chi connectivity index (χ1v) is 6.37. The topological polar surface area (TPSA) is 35.2 Å². The van der Waals surface area contributed by atoms with E-state index in [1.54, 1.807) is 11.8 Å². The van der Waals surface area contributed by atoms with Crippen LogP contribution in [0.4, 0.5) is 0 Å². The van der Waals surface area contributed by atoms with E-state index in [-0.39, 0.29) is 11.5 Å². The third-order valence-electron chi connectivity index (χ3n) is 3.61. The van der Waals surface area contributed by atoms with Gasteiger partial charge in [-0.15, -0.1) is 0 Å². The first-order valence-electron chi connectivity index (χ1n) is 5.38. The van der Waals surface area contributed by atoms with Crippen LogP contribution in [0, 0.1) is 0 Å². The molecular weight excluding hydrogens is 206 g/mol. The summed E-state index contributed by atoms with van der Waals surface area (Å²) in [4.78, 5) is 1.26. The van der Waals surface area contributed by atoms with Crippen LogP contribution in [0.25, 0.3) is 0 Å². The van der Waals surface area contributed by atoms with Crippen molar-refractivity contribution in [2.45, 2.75) is 36.1 Å². The molecule has 0 amide bonds. The van der Waals surface area contributed by atoms with Crippen LogP contribution in [0.5, 0.6) is 5.75 Å². The number of ether oxygens (including phenoxy) is 1. The molecule has 1 saturated carbocycles. The summed E-state index contributed by atoms with van der Waals surface area (Å²) in [5.74, 6) is 1.80. The van der Waals surface area contributed by atoms with Crippen molar-refractivity contribution in [2.24, 2.45) is 5.73 Å². The monoisotopic (exact) mass is 221 g/mol. The van der Waals surface area contributed by atoms with Gasteiger partial charge in [0.05, 0.1) is 4.90 Å². The largest absolute Gasteiger partial charge is 0.481 e. The third-order valence-corrected chi connectivity index (χ3v) is 4.49. The molecule has 1 aromatic carbocycles. The number of thioether (sulfide) groups is 1. The number of hydrogen-bond acceptors (Lipinski definition) is 3. The fraction of sp³-hybridized carbons (Fsp3) is 0.500. The Balaban J connectivity index is 2.00. The van der Waals surface area contributed by atoms with Gasteiger partial charge in [-0.1, -0.05) is 17.8 Å². The van der Waals surface area contributed by atoms with Crippen molar-refractivity contribution in [1.82, 2.24) is 0 Å². The van der Waals surface area contributed by atoms with Crippen LogP contribution in [0.3, 0.4) is 0 Å². The van der Waals surface area contributed by atoms with Gasteiger partial charge < -0.3 is 10.5 Å². The zero-order valence-corrected chi connectivity index (χ0v) is 9.64. The maximum Gasteiger partial charge on any atom is 0.138 e. The molecule has 0 aromatic heterocycles. The highest BCUT2D eigenvalue weighted by atomic mass is 32.2. The lowest BCUT2D eigenvalue weighted by molar-refractivity contribution is 0.396. The number of rotatable bonds is 2. The highest BCUT2D eigenvalue weighted by molar-refractivity contribution is 7.99. The second-order valence-electron chi connectivity index (χ2n) is 4.51. The van der Waals surface area contributed by atoms with Gasteiger partial charge in [0.2, 0.25) is 0 Å². The molecule has 1 fully saturated rings. The molecule has 2 N–H and O–H groups in total. The minimum Gasteiger partial charge on any atom is -0.481 e. The first kappa shape index (κ1) is 9.55. The molecule has 15 heavy (non-hydrogen) atoms. The van der Waals surface area contributed by atoms with Gasteiger partial charge in [0.15, 0.2) is 0 Å². The van der Waals surface area contributed by atoms with Gasteiger partial charge in [-0.3, -0.25) is 0 Å². The molecule has 1 heterocycles. The van der Waals surface area contributed by atoms with Crippen LogP contribution in [-0.4, -0.2) is 12.0 Å². The van der Waals surface area contributed by atoms with Gasteiger partial charge >= 0.3 is 0 Å². The normalized spacial score (nSPS) is 23.1. The molecule has 2 nitrogen and oxygen atoms in total. The molecule has 2 aliphatic rings. The molecule has 1 aliphatic heterocycles.